The average molecular weight is 341 g/mol. The van der Waals surface area contributed by atoms with Gasteiger partial charge in [-0.15, -0.1) is 11.3 Å². The van der Waals surface area contributed by atoms with Crippen LogP contribution in [0, 0.1) is 0 Å². The van der Waals surface area contributed by atoms with Crippen molar-refractivity contribution in [2.45, 2.75) is 38.6 Å². The molecule has 0 unspecified atom stereocenters. The fourth-order valence-corrected chi connectivity index (χ4v) is 4.34. The zero-order valence-electron chi connectivity index (χ0n) is 14.0. The highest BCUT2D eigenvalue weighted by molar-refractivity contribution is 7.12. The van der Waals surface area contributed by atoms with Crippen LogP contribution in [0.15, 0.2) is 36.1 Å². The van der Waals surface area contributed by atoms with Crippen molar-refractivity contribution in [3.05, 3.63) is 53.1 Å². The molecule has 0 spiro atoms. The van der Waals surface area contributed by atoms with Gasteiger partial charge in [-0.25, -0.2) is 4.98 Å². The lowest BCUT2D eigenvalue weighted by atomic mass is 9.92. The third kappa shape index (κ3) is 3.03. The average Bonchev–Trinajstić information content (AvgIpc) is 3.35. The fourth-order valence-electron chi connectivity index (χ4n) is 3.69. The van der Waals surface area contributed by atoms with Gasteiger partial charge in [0.25, 0.3) is 0 Å². The predicted octanol–water partition coefficient (Wildman–Crippen LogP) is 3.60. The van der Waals surface area contributed by atoms with E-state index in [2.05, 4.69) is 49.9 Å². The van der Waals surface area contributed by atoms with Crippen LogP contribution in [0.4, 0.5) is 0 Å². The minimum atomic E-state index is 0.569. The highest BCUT2D eigenvalue weighted by Gasteiger charge is 2.25. The number of hydrogen-bond acceptors (Lipinski definition) is 4. The summed E-state index contributed by atoms with van der Waals surface area (Å²) in [5, 5.41) is 10.6. The molecule has 0 bridgehead atoms. The molecule has 1 aliphatic rings. The molecular formula is C18H23N5S. The van der Waals surface area contributed by atoms with Crippen molar-refractivity contribution >= 4 is 11.3 Å². The van der Waals surface area contributed by atoms with E-state index < -0.39 is 0 Å². The molecule has 0 saturated carbocycles. The number of nitrogens with zero attached hydrogens (tertiary/aromatic N) is 4. The van der Waals surface area contributed by atoms with Gasteiger partial charge in [0.2, 0.25) is 0 Å². The second-order valence-electron chi connectivity index (χ2n) is 6.42. The first kappa shape index (κ1) is 15.6. The van der Waals surface area contributed by atoms with Crippen LogP contribution in [0.5, 0.6) is 0 Å². The molecule has 4 heterocycles. The van der Waals surface area contributed by atoms with E-state index in [1.165, 1.54) is 29.8 Å². The lowest BCUT2D eigenvalue weighted by Crippen LogP contribution is -2.34. The van der Waals surface area contributed by atoms with Crippen molar-refractivity contribution in [3.8, 4) is 5.13 Å². The molecule has 5 nitrogen and oxygen atoms in total. The zero-order chi connectivity index (χ0) is 16.4. The van der Waals surface area contributed by atoms with E-state index in [-0.39, 0.29) is 0 Å². The van der Waals surface area contributed by atoms with Crippen LogP contribution < -0.4 is 0 Å². The molecule has 0 radical (unpaired) electrons. The zero-order valence-corrected chi connectivity index (χ0v) is 14.8. The van der Waals surface area contributed by atoms with E-state index in [1.807, 2.05) is 17.8 Å². The van der Waals surface area contributed by atoms with Gasteiger partial charge in [0.05, 0.1) is 6.20 Å². The van der Waals surface area contributed by atoms with Gasteiger partial charge in [-0.1, -0.05) is 6.92 Å². The van der Waals surface area contributed by atoms with E-state index in [1.54, 1.807) is 11.3 Å². The Kier molecular flexibility index (Phi) is 4.49. The van der Waals surface area contributed by atoms with E-state index in [4.69, 9.17) is 0 Å². The number of likely N-dealkylation sites (tertiary alicyclic amines) is 1. The predicted molar refractivity (Wildman–Crippen MR) is 96.7 cm³/mol. The summed E-state index contributed by atoms with van der Waals surface area (Å²) in [6, 6.07) is 4.32. The van der Waals surface area contributed by atoms with Crippen molar-refractivity contribution in [1.82, 2.24) is 24.6 Å². The van der Waals surface area contributed by atoms with Gasteiger partial charge in [-0.2, -0.15) is 5.10 Å². The van der Waals surface area contributed by atoms with Gasteiger partial charge in [0.15, 0.2) is 5.13 Å². The van der Waals surface area contributed by atoms with E-state index >= 15 is 0 Å². The van der Waals surface area contributed by atoms with Crippen LogP contribution in [-0.4, -0.2) is 37.7 Å². The summed E-state index contributed by atoms with van der Waals surface area (Å²) in [6.07, 6.45) is 9.51. The first-order valence-corrected chi connectivity index (χ1v) is 9.53. The molecule has 1 N–H and O–H groups in total. The molecule has 1 aliphatic heterocycles. The Morgan fingerprint density at radius 1 is 1.42 bits per heavy atom. The maximum Gasteiger partial charge on any atom is 0.193 e. The molecular weight excluding hydrogens is 318 g/mol. The number of hydrogen-bond donors (Lipinski definition) is 1. The van der Waals surface area contributed by atoms with Gasteiger partial charge >= 0.3 is 0 Å². The number of aryl methyl sites for hydroxylation is 1. The molecule has 1 atom stereocenters. The standard InChI is InChI=1S/C18H23N5S/c1-2-14-11-20-21-17(14)15-5-3-8-22(12-15)13-16-6-4-9-23(16)18-19-7-10-24-18/h4,6-7,9-11,15H,2-3,5,8,12-13H2,1H3,(H,20,21)/t15-/m1/s1. The summed E-state index contributed by atoms with van der Waals surface area (Å²) in [5.74, 6) is 0.569. The maximum atomic E-state index is 4.44. The molecule has 0 aromatic carbocycles. The van der Waals surface area contributed by atoms with Crippen LogP contribution in [0.3, 0.4) is 0 Å². The molecule has 0 aliphatic carbocycles. The van der Waals surface area contributed by atoms with Crippen molar-refractivity contribution in [2.75, 3.05) is 13.1 Å². The van der Waals surface area contributed by atoms with Gasteiger partial charge in [-0.05, 0) is 43.5 Å². The quantitative estimate of drug-likeness (QED) is 0.771. The van der Waals surface area contributed by atoms with Crippen LogP contribution >= 0.6 is 11.3 Å². The number of aromatic nitrogens is 4. The number of aromatic amines is 1. The minimum absolute atomic E-state index is 0.569. The molecule has 3 aromatic heterocycles. The highest BCUT2D eigenvalue weighted by Crippen LogP contribution is 2.29. The summed E-state index contributed by atoms with van der Waals surface area (Å²) < 4.78 is 2.21. The second-order valence-corrected chi connectivity index (χ2v) is 7.29. The molecule has 0 amide bonds. The van der Waals surface area contributed by atoms with Crippen molar-refractivity contribution in [3.63, 3.8) is 0 Å². The Hall–Kier alpha value is -1.92. The van der Waals surface area contributed by atoms with Crippen molar-refractivity contribution in [2.24, 2.45) is 0 Å². The smallest absolute Gasteiger partial charge is 0.193 e. The van der Waals surface area contributed by atoms with Gasteiger partial charge in [0, 0.05) is 48.2 Å². The monoisotopic (exact) mass is 341 g/mol. The number of rotatable bonds is 5. The third-order valence-corrected chi connectivity index (χ3v) is 5.66. The number of nitrogens with one attached hydrogen (secondary N) is 1. The number of piperidine rings is 1. The first-order valence-electron chi connectivity index (χ1n) is 8.65. The second kappa shape index (κ2) is 6.91. The van der Waals surface area contributed by atoms with Crippen molar-refractivity contribution in [1.29, 1.82) is 0 Å². The summed E-state index contributed by atoms with van der Waals surface area (Å²) >= 11 is 1.68. The molecule has 4 rings (SSSR count). The maximum absolute atomic E-state index is 4.44. The Bertz CT molecular complexity index is 773. The summed E-state index contributed by atoms with van der Waals surface area (Å²) in [5.41, 5.74) is 4.02. The Morgan fingerprint density at radius 2 is 2.38 bits per heavy atom. The van der Waals surface area contributed by atoms with Crippen LogP contribution in [0.2, 0.25) is 0 Å². The molecule has 1 saturated heterocycles. The fraction of sp³-hybridized carbons (Fsp3) is 0.444. The summed E-state index contributed by atoms with van der Waals surface area (Å²) in [7, 11) is 0. The van der Waals surface area contributed by atoms with Gasteiger partial charge < -0.3 is 0 Å². The lowest BCUT2D eigenvalue weighted by Gasteiger charge is -2.32. The van der Waals surface area contributed by atoms with Crippen LogP contribution in [0.25, 0.3) is 5.13 Å². The van der Waals surface area contributed by atoms with E-state index in [0.717, 1.165) is 31.2 Å². The molecule has 1 fully saturated rings. The van der Waals surface area contributed by atoms with Gasteiger partial charge in [0.1, 0.15) is 0 Å². The molecule has 6 heteroatoms. The lowest BCUT2D eigenvalue weighted by molar-refractivity contribution is 0.195. The van der Waals surface area contributed by atoms with Crippen LogP contribution in [-0.2, 0) is 13.0 Å². The third-order valence-electron chi connectivity index (χ3n) is 4.89. The SMILES string of the molecule is CCc1cn[nH]c1[C@@H]1CCCN(Cc2cccn2-c2nccs2)C1. The normalized spacial score (nSPS) is 19.0. The first-order chi connectivity index (χ1) is 11.8. The molecule has 24 heavy (non-hydrogen) atoms. The van der Waals surface area contributed by atoms with Gasteiger partial charge in [-0.3, -0.25) is 14.6 Å². The van der Waals surface area contributed by atoms with Crippen molar-refractivity contribution < 1.29 is 0 Å². The minimum Gasteiger partial charge on any atom is -0.297 e. The summed E-state index contributed by atoms with van der Waals surface area (Å²) in [6.45, 7) is 5.43. The highest BCUT2D eigenvalue weighted by atomic mass is 32.1. The molecule has 126 valence electrons. The largest absolute Gasteiger partial charge is 0.297 e. The van der Waals surface area contributed by atoms with E-state index in [0.29, 0.717) is 5.92 Å². The number of thiazole rings is 1. The van der Waals surface area contributed by atoms with E-state index in [9.17, 15) is 0 Å². The Balaban J connectivity index is 1.49. The summed E-state index contributed by atoms with van der Waals surface area (Å²) in [4.78, 5) is 7.00. The topological polar surface area (TPSA) is 49.7 Å². The Morgan fingerprint density at radius 3 is 3.21 bits per heavy atom. The Labute approximate surface area is 146 Å². The molecule has 3 aromatic rings. The van der Waals surface area contributed by atoms with Crippen LogP contribution in [0.1, 0.15) is 42.6 Å². The number of H-pyrrole nitrogens is 1.